The molecule has 0 bridgehead atoms. The summed E-state index contributed by atoms with van der Waals surface area (Å²) in [5.74, 6) is 0.338. The van der Waals surface area contributed by atoms with Crippen molar-refractivity contribution >= 4 is 28.3 Å². The Hall–Kier alpha value is -3.14. The molecular weight excluding hydrogens is 464 g/mol. The van der Waals surface area contributed by atoms with Gasteiger partial charge in [-0.15, -0.1) is 0 Å². The van der Waals surface area contributed by atoms with Crippen molar-refractivity contribution in [1.82, 2.24) is 10.2 Å². The summed E-state index contributed by atoms with van der Waals surface area (Å²) in [6, 6.07) is 30.7. The number of carbonyl (C=O) groups is 1. The van der Waals surface area contributed by atoms with Gasteiger partial charge in [-0.25, -0.2) is 0 Å². The average molecular weight is 497 g/mol. The molecule has 1 fully saturated rings. The summed E-state index contributed by atoms with van der Waals surface area (Å²) in [7, 11) is 1.97. The number of nitrogens with zero attached hydrogens (tertiary/aromatic N) is 1. The van der Waals surface area contributed by atoms with Crippen LogP contribution in [0.4, 0.5) is 0 Å². The number of halogens is 1. The number of benzene rings is 4. The van der Waals surface area contributed by atoms with Gasteiger partial charge in [0.1, 0.15) is 0 Å². The Morgan fingerprint density at radius 3 is 2.31 bits per heavy atom. The SMILES string of the molecule is CN(C(=O)c1ccc(-c2ccc(Cl)cc2)cc1)C(C)(c1cccc2ccccc12)C1CCCCNC1. The topological polar surface area (TPSA) is 32.3 Å². The summed E-state index contributed by atoms with van der Waals surface area (Å²) < 4.78 is 0. The zero-order chi connectivity index (χ0) is 25.1. The summed E-state index contributed by atoms with van der Waals surface area (Å²) in [5.41, 5.74) is 3.59. The van der Waals surface area contributed by atoms with Crippen molar-refractivity contribution in [3.8, 4) is 11.1 Å². The van der Waals surface area contributed by atoms with Crippen LogP contribution in [-0.4, -0.2) is 30.9 Å². The molecule has 0 saturated carbocycles. The zero-order valence-electron chi connectivity index (χ0n) is 21.0. The van der Waals surface area contributed by atoms with E-state index < -0.39 is 5.54 Å². The molecule has 4 heteroatoms. The minimum absolute atomic E-state index is 0.0392. The molecule has 2 unspecified atom stereocenters. The van der Waals surface area contributed by atoms with Crippen LogP contribution in [0.2, 0.25) is 5.02 Å². The molecule has 1 N–H and O–H groups in total. The van der Waals surface area contributed by atoms with Gasteiger partial charge in [0.25, 0.3) is 5.91 Å². The van der Waals surface area contributed by atoms with Gasteiger partial charge in [0.05, 0.1) is 5.54 Å². The molecule has 5 rings (SSSR count). The third-order valence-corrected chi connectivity index (χ3v) is 8.24. The van der Waals surface area contributed by atoms with Crippen molar-refractivity contribution in [2.75, 3.05) is 20.1 Å². The summed E-state index contributed by atoms with van der Waals surface area (Å²) >= 11 is 6.05. The second-order valence-electron chi connectivity index (χ2n) is 10.0. The Kier molecular flexibility index (Phi) is 7.13. The molecule has 184 valence electrons. The summed E-state index contributed by atoms with van der Waals surface area (Å²) in [6.07, 6.45) is 3.42. The fourth-order valence-electron chi connectivity index (χ4n) is 5.69. The van der Waals surface area contributed by atoms with Crippen molar-refractivity contribution in [1.29, 1.82) is 0 Å². The smallest absolute Gasteiger partial charge is 0.254 e. The van der Waals surface area contributed by atoms with Crippen LogP contribution in [0.1, 0.15) is 42.1 Å². The van der Waals surface area contributed by atoms with Gasteiger partial charge >= 0.3 is 0 Å². The highest BCUT2D eigenvalue weighted by Crippen LogP contribution is 2.42. The lowest BCUT2D eigenvalue weighted by Gasteiger charge is -2.46. The van der Waals surface area contributed by atoms with Gasteiger partial charge in [0.15, 0.2) is 0 Å². The first-order valence-corrected chi connectivity index (χ1v) is 13.2. The Morgan fingerprint density at radius 2 is 1.56 bits per heavy atom. The largest absolute Gasteiger partial charge is 0.332 e. The van der Waals surface area contributed by atoms with Crippen LogP contribution >= 0.6 is 11.6 Å². The fourth-order valence-corrected chi connectivity index (χ4v) is 5.82. The first-order chi connectivity index (χ1) is 17.5. The molecule has 1 heterocycles. The van der Waals surface area contributed by atoms with Gasteiger partial charge in [0.2, 0.25) is 0 Å². The van der Waals surface area contributed by atoms with E-state index in [1.807, 2.05) is 60.5 Å². The number of fused-ring (bicyclic) bond motifs is 1. The fraction of sp³-hybridized carbons (Fsp3) is 0.281. The van der Waals surface area contributed by atoms with Crippen LogP contribution in [-0.2, 0) is 5.54 Å². The first-order valence-electron chi connectivity index (χ1n) is 12.8. The second-order valence-corrected chi connectivity index (χ2v) is 10.5. The maximum atomic E-state index is 14.0. The molecule has 2 atom stereocenters. The number of hydrogen-bond donors (Lipinski definition) is 1. The minimum Gasteiger partial charge on any atom is -0.332 e. The van der Waals surface area contributed by atoms with Crippen LogP contribution in [0.3, 0.4) is 0 Å². The summed E-state index contributed by atoms with van der Waals surface area (Å²) in [5, 5.41) is 6.77. The molecule has 4 aromatic carbocycles. The van der Waals surface area contributed by atoms with E-state index in [-0.39, 0.29) is 5.91 Å². The van der Waals surface area contributed by atoms with Gasteiger partial charge in [-0.1, -0.05) is 84.8 Å². The number of carbonyl (C=O) groups excluding carboxylic acids is 1. The van der Waals surface area contributed by atoms with Crippen molar-refractivity contribution in [2.24, 2.45) is 5.92 Å². The maximum Gasteiger partial charge on any atom is 0.254 e. The molecule has 4 aromatic rings. The molecule has 0 aliphatic carbocycles. The number of hydrogen-bond acceptors (Lipinski definition) is 2. The molecule has 0 spiro atoms. The Balaban J connectivity index is 1.53. The standard InChI is InChI=1S/C32H33ClN2O/c1-32(27-10-5-6-21-34-22-27,30-12-7-9-25-8-3-4-11-29(25)30)35(2)31(36)26-15-13-23(14-16-26)24-17-19-28(33)20-18-24/h3-4,7-9,11-20,27,34H,5-6,10,21-22H2,1-2H3. The number of rotatable bonds is 5. The molecule has 1 amide bonds. The number of amides is 1. The van der Waals surface area contributed by atoms with E-state index in [4.69, 9.17) is 11.6 Å². The van der Waals surface area contributed by atoms with Gasteiger partial charge in [-0.3, -0.25) is 4.79 Å². The molecule has 1 saturated heterocycles. The highest BCUT2D eigenvalue weighted by atomic mass is 35.5. The molecular formula is C32H33ClN2O. The monoisotopic (exact) mass is 496 g/mol. The van der Waals surface area contributed by atoms with Crippen molar-refractivity contribution in [3.63, 3.8) is 0 Å². The van der Waals surface area contributed by atoms with Crippen LogP contribution in [0, 0.1) is 5.92 Å². The summed E-state index contributed by atoms with van der Waals surface area (Å²) in [4.78, 5) is 16.0. The van der Waals surface area contributed by atoms with Crippen molar-refractivity contribution < 1.29 is 4.79 Å². The van der Waals surface area contributed by atoms with E-state index in [0.717, 1.165) is 37.1 Å². The lowest BCUT2D eigenvalue weighted by Crippen LogP contribution is -2.52. The minimum atomic E-state index is -0.468. The third-order valence-electron chi connectivity index (χ3n) is 7.99. The van der Waals surface area contributed by atoms with Gasteiger partial charge in [-0.05, 0) is 84.0 Å². The molecule has 0 radical (unpaired) electrons. The third kappa shape index (κ3) is 4.66. The Labute approximate surface area is 219 Å². The van der Waals surface area contributed by atoms with E-state index in [1.54, 1.807) is 0 Å². The molecule has 0 aromatic heterocycles. The number of nitrogens with one attached hydrogen (secondary N) is 1. The average Bonchev–Trinajstić information content (AvgIpc) is 3.22. The van der Waals surface area contributed by atoms with E-state index in [0.29, 0.717) is 16.5 Å². The lowest BCUT2D eigenvalue weighted by molar-refractivity contribution is 0.0405. The van der Waals surface area contributed by atoms with Crippen LogP contribution in [0.25, 0.3) is 21.9 Å². The first kappa shape index (κ1) is 24.5. The molecule has 36 heavy (non-hydrogen) atoms. The summed E-state index contributed by atoms with van der Waals surface area (Å²) in [6.45, 7) is 4.19. The molecule has 1 aliphatic rings. The zero-order valence-corrected chi connectivity index (χ0v) is 21.8. The predicted octanol–water partition coefficient (Wildman–Crippen LogP) is 7.54. The Morgan fingerprint density at radius 1 is 0.889 bits per heavy atom. The van der Waals surface area contributed by atoms with Crippen molar-refractivity contribution in [3.05, 3.63) is 107 Å². The quantitative estimate of drug-likeness (QED) is 0.309. The maximum absolute atomic E-state index is 14.0. The normalized spacial score (nSPS) is 17.8. The van der Waals surface area contributed by atoms with E-state index >= 15 is 0 Å². The highest BCUT2D eigenvalue weighted by Gasteiger charge is 2.43. The lowest BCUT2D eigenvalue weighted by atomic mass is 9.74. The van der Waals surface area contributed by atoms with Gasteiger partial charge < -0.3 is 10.2 Å². The van der Waals surface area contributed by atoms with E-state index in [2.05, 4.69) is 54.7 Å². The Bertz CT molecular complexity index is 1340. The molecule has 3 nitrogen and oxygen atoms in total. The van der Waals surface area contributed by atoms with Crippen LogP contribution in [0.5, 0.6) is 0 Å². The van der Waals surface area contributed by atoms with Crippen molar-refractivity contribution in [2.45, 2.75) is 31.7 Å². The van der Waals surface area contributed by atoms with E-state index in [9.17, 15) is 4.79 Å². The van der Waals surface area contributed by atoms with Crippen LogP contribution in [0.15, 0.2) is 91.0 Å². The molecule has 1 aliphatic heterocycles. The van der Waals surface area contributed by atoms with E-state index in [1.165, 1.54) is 22.8 Å². The highest BCUT2D eigenvalue weighted by molar-refractivity contribution is 6.30. The van der Waals surface area contributed by atoms with Gasteiger partial charge in [0, 0.05) is 24.2 Å². The van der Waals surface area contributed by atoms with Crippen LogP contribution < -0.4 is 5.32 Å². The second kappa shape index (κ2) is 10.5. The van der Waals surface area contributed by atoms with Gasteiger partial charge in [-0.2, -0.15) is 0 Å². The predicted molar refractivity (Wildman–Crippen MR) is 150 cm³/mol.